The van der Waals surface area contributed by atoms with Crippen LogP contribution in [0.2, 0.25) is 0 Å². The van der Waals surface area contributed by atoms with Crippen LogP contribution in [0.15, 0.2) is 0 Å². The minimum atomic E-state index is 0.356. The fourth-order valence-electron chi connectivity index (χ4n) is 1.90. The van der Waals surface area contributed by atoms with Crippen LogP contribution in [0, 0.1) is 0 Å². The quantitative estimate of drug-likeness (QED) is 0.620. The van der Waals surface area contributed by atoms with E-state index in [1.54, 1.807) is 0 Å². The van der Waals surface area contributed by atoms with Crippen LogP contribution in [0.1, 0.15) is 33.6 Å². The molecule has 2 heteroatoms. The predicted molar refractivity (Wildman–Crippen MR) is 46.5 cm³/mol. The minimum Gasteiger partial charge on any atom is -0.364 e. The van der Waals surface area contributed by atoms with E-state index in [9.17, 15) is 0 Å². The van der Waals surface area contributed by atoms with Crippen LogP contribution >= 0.6 is 0 Å². The number of ether oxygens (including phenoxy) is 1. The van der Waals surface area contributed by atoms with E-state index in [2.05, 4.69) is 25.7 Å². The van der Waals surface area contributed by atoms with Gasteiger partial charge in [0.2, 0.25) is 0 Å². The molecule has 1 aliphatic heterocycles. The first-order valence-electron chi connectivity index (χ1n) is 4.62. The van der Waals surface area contributed by atoms with E-state index in [4.69, 9.17) is 4.74 Å². The summed E-state index contributed by atoms with van der Waals surface area (Å²) in [5.74, 6) is 0. The molecule has 0 atom stereocenters. The number of hydrogen-bond acceptors (Lipinski definition) is 2. The van der Waals surface area contributed by atoms with Crippen LogP contribution in [-0.4, -0.2) is 30.3 Å². The molecule has 0 unspecified atom stereocenters. The summed E-state index contributed by atoms with van der Waals surface area (Å²) in [6, 6.07) is 0. The zero-order chi connectivity index (χ0) is 8.32. The Morgan fingerprint density at radius 2 is 1.91 bits per heavy atom. The lowest BCUT2D eigenvalue weighted by Gasteiger charge is -2.33. The predicted octanol–water partition coefficient (Wildman–Crippen LogP) is 1.85. The van der Waals surface area contributed by atoms with E-state index >= 15 is 0 Å². The Morgan fingerprint density at radius 3 is 2.27 bits per heavy atom. The third-order valence-corrected chi connectivity index (χ3v) is 2.99. The van der Waals surface area contributed by atoms with Crippen LogP contribution < -0.4 is 0 Å². The van der Waals surface area contributed by atoms with Gasteiger partial charge in [-0.1, -0.05) is 20.8 Å². The molecule has 0 spiro atoms. The molecule has 1 aliphatic rings. The zero-order valence-corrected chi connectivity index (χ0v) is 7.89. The van der Waals surface area contributed by atoms with Crippen molar-refractivity contribution >= 4 is 0 Å². The number of nitrogens with zero attached hydrogens (tertiary/aromatic N) is 1. The van der Waals surface area contributed by atoms with Crippen molar-refractivity contribution in [1.82, 2.24) is 4.90 Å². The fraction of sp³-hybridized carbons (Fsp3) is 1.00. The molecule has 0 bridgehead atoms. The summed E-state index contributed by atoms with van der Waals surface area (Å²) in [5.41, 5.74) is 0.356. The van der Waals surface area contributed by atoms with Gasteiger partial charge >= 0.3 is 0 Å². The van der Waals surface area contributed by atoms with E-state index in [1.165, 1.54) is 12.8 Å². The highest BCUT2D eigenvalue weighted by Gasteiger charge is 2.37. The largest absolute Gasteiger partial charge is 0.364 e. The Morgan fingerprint density at radius 1 is 1.27 bits per heavy atom. The van der Waals surface area contributed by atoms with Gasteiger partial charge in [-0.15, -0.1) is 0 Å². The smallest absolute Gasteiger partial charge is 0.0996 e. The van der Waals surface area contributed by atoms with Gasteiger partial charge in [0.1, 0.15) is 0 Å². The maximum absolute atomic E-state index is 5.47. The van der Waals surface area contributed by atoms with Gasteiger partial charge in [0, 0.05) is 5.54 Å². The molecule has 2 nitrogen and oxygen atoms in total. The molecule has 0 saturated carbocycles. The lowest BCUT2D eigenvalue weighted by Crippen LogP contribution is -2.44. The maximum atomic E-state index is 5.47. The monoisotopic (exact) mass is 157 g/mol. The van der Waals surface area contributed by atoms with E-state index in [0.29, 0.717) is 5.54 Å². The van der Waals surface area contributed by atoms with Crippen LogP contribution in [-0.2, 0) is 4.74 Å². The minimum absolute atomic E-state index is 0.356. The molecule has 0 amide bonds. The third kappa shape index (κ3) is 1.42. The third-order valence-electron chi connectivity index (χ3n) is 2.99. The van der Waals surface area contributed by atoms with Crippen molar-refractivity contribution in [3.63, 3.8) is 0 Å². The first kappa shape index (κ1) is 9.01. The second-order valence-electron chi connectivity index (χ2n) is 3.27. The highest BCUT2D eigenvalue weighted by atomic mass is 16.5. The summed E-state index contributed by atoms with van der Waals surface area (Å²) in [6.45, 7) is 9.57. The molecule has 66 valence electrons. The summed E-state index contributed by atoms with van der Waals surface area (Å²) in [4.78, 5) is 2.44. The number of likely N-dealkylation sites (N-methyl/N-ethyl adjacent to an activating group) is 1. The van der Waals surface area contributed by atoms with Crippen molar-refractivity contribution in [2.75, 3.05) is 19.9 Å². The second-order valence-corrected chi connectivity index (χ2v) is 3.27. The van der Waals surface area contributed by atoms with Crippen LogP contribution in [0.4, 0.5) is 0 Å². The van der Waals surface area contributed by atoms with Crippen molar-refractivity contribution in [2.24, 2.45) is 0 Å². The first-order chi connectivity index (χ1) is 5.29. The lowest BCUT2D eigenvalue weighted by atomic mass is 9.93. The van der Waals surface area contributed by atoms with E-state index in [0.717, 1.165) is 19.9 Å². The van der Waals surface area contributed by atoms with Crippen molar-refractivity contribution in [3.05, 3.63) is 0 Å². The Hall–Kier alpha value is -0.0800. The summed E-state index contributed by atoms with van der Waals surface area (Å²) < 4.78 is 5.47. The number of rotatable bonds is 3. The Balaban J connectivity index is 2.63. The molecule has 0 aromatic carbocycles. The molecule has 0 radical (unpaired) electrons. The van der Waals surface area contributed by atoms with Crippen LogP contribution in [0.25, 0.3) is 0 Å². The molecule has 1 rings (SSSR count). The van der Waals surface area contributed by atoms with Gasteiger partial charge in [0.15, 0.2) is 0 Å². The molecule has 1 saturated heterocycles. The highest BCUT2D eigenvalue weighted by Crippen LogP contribution is 2.28. The van der Waals surface area contributed by atoms with Gasteiger partial charge in [-0.05, 0) is 19.4 Å². The number of hydrogen-bond donors (Lipinski definition) is 0. The van der Waals surface area contributed by atoms with E-state index < -0.39 is 0 Å². The summed E-state index contributed by atoms with van der Waals surface area (Å²) in [6.07, 6.45) is 2.41. The molecule has 1 heterocycles. The molecule has 0 N–H and O–H groups in total. The normalized spacial score (nSPS) is 24.3. The van der Waals surface area contributed by atoms with Crippen molar-refractivity contribution in [1.29, 1.82) is 0 Å². The van der Waals surface area contributed by atoms with Crippen LogP contribution in [0.5, 0.6) is 0 Å². The van der Waals surface area contributed by atoms with Gasteiger partial charge in [-0.25, -0.2) is 0 Å². The summed E-state index contributed by atoms with van der Waals surface area (Å²) in [7, 11) is 0. The summed E-state index contributed by atoms with van der Waals surface area (Å²) >= 11 is 0. The second kappa shape index (κ2) is 3.55. The Kier molecular flexibility index (Phi) is 2.90. The van der Waals surface area contributed by atoms with E-state index in [-0.39, 0.29) is 0 Å². The van der Waals surface area contributed by atoms with Gasteiger partial charge < -0.3 is 4.74 Å². The summed E-state index contributed by atoms with van der Waals surface area (Å²) in [5, 5.41) is 0. The Labute approximate surface area is 69.5 Å². The molecule has 0 aromatic heterocycles. The maximum Gasteiger partial charge on any atom is 0.0996 e. The standard InChI is InChI=1S/C9H19NO/c1-4-9(5-2)7-11-8-10(9)6-3/h4-8H2,1-3H3. The SMILES string of the molecule is CCN1COCC1(CC)CC. The average molecular weight is 157 g/mol. The topological polar surface area (TPSA) is 12.5 Å². The van der Waals surface area contributed by atoms with Crippen LogP contribution in [0.3, 0.4) is 0 Å². The molecular formula is C9H19NO. The molecule has 1 fully saturated rings. The zero-order valence-electron chi connectivity index (χ0n) is 7.89. The highest BCUT2D eigenvalue weighted by molar-refractivity contribution is 4.90. The molecule has 0 aliphatic carbocycles. The fourth-order valence-corrected chi connectivity index (χ4v) is 1.90. The molecular weight excluding hydrogens is 138 g/mol. The van der Waals surface area contributed by atoms with Crippen molar-refractivity contribution < 1.29 is 4.74 Å². The van der Waals surface area contributed by atoms with Gasteiger partial charge in [-0.2, -0.15) is 0 Å². The Bertz CT molecular complexity index is 121. The first-order valence-corrected chi connectivity index (χ1v) is 4.62. The molecule has 0 aromatic rings. The van der Waals surface area contributed by atoms with Gasteiger partial charge in [0.25, 0.3) is 0 Å². The van der Waals surface area contributed by atoms with Gasteiger partial charge in [-0.3, -0.25) is 4.90 Å². The van der Waals surface area contributed by atoms with Crippen molar-refractivity contribution in [2.45, 2.75) is 39.2 Å². The lowest BCUT2D eigenvalue weighted by molar-refractivity contribution is 0.125. The van der Waals surface area contributed by atoms with Crippen molar-refractivity contribution in [3.8, 4) is 0 Å². The molecule has 11 heavy (non-hydrogen) atoms. The van der Waals surface area contributed by atoms with E-state index in [1.807, 2.05) is 0 Å². The van der Waals surface area contributed by atoms with Gasteiger partial charge in [0.05, 0.1) is 13.3 Å². The average Bonchev–Trinajstić information content (AvgIpc) is 2.47.